The molecule has 4 rings (SSSR count). The van der Waals surface area contributed by atoms with E-state index in [0.717, 1.165) is 36.1 Å². The molecule has 2 heterocycles. The third-order valence-corrected chi connectivity index (χ3v) is 7.49. The fraction of sp³-hybridized carbons (Fsp3) is 0.500. The van der Waals surface area contributed by atoms with E-state index >= 15 is 0 Å². The van der Waals surface area contributed by atoms with Crippen LogP contribution >= 0.6 is 0 Å². The summed E-state index contributed by atoms with van der Waals surface area (Å²) in [4.78, 5) is 41.2. The van der Waals surface area contributed by atoms with Crippen molar-refractivity contribution in [3.63, 3.8) is 0 Å². The molecule has 2 bridgehead atoms. The lowest BCUT2D eigenvalue weighted by atomic mass is 9.87. The molecule has 0 saturated heterocycles. The lowest BCUT2D eigenvalue weighted by Crippen LogP contribution is -2.41. The SMILES string of the molecule is COc1ccc2cc1OCCCCN(C(=O)CCCNC(C)=O)CC[C@@H]1c3ccccc3N(C(C)=O)[C@@H]1C2. The molecule has 1 N–H and O–H groups in total. The average Bonchev–Trinajstić information content (AvgIpc) is 3.20. The van der Waals surface area contributed by atoms with E-state index in [2.05, 4.69) is 11.4 Å². The van der Waals surface area contributed by atoms with Gasteiger partial charge in [-0.3, -0.25) is 14.4 Å². The molecule has 8 heteroatoms. The molecular weight excluding hydrogens is 482 g/mol. The van der Waals surface area contributed by atoms with Gasteiger partial charge in [0, 0.05) is 57.5 Å². The number of hydrogen-bond acceptors (Lipinski definition) is 5. The van der Waals surface area contributed by atoms with Crippen LogP contribution in [0.25, 0.3) is 0 Å². The maximum atomic E-state index is 13.2. The number of fused-ring (bicyclic) bond motifs is 5. The van der Waals surface area contributed by atoms with Crippen molar-refractivity contribution in [3.05, 3.63) is 53.6 Å². The van der Waals surface area contributed by atoms with Gasteiger partial charge in [-0.1, -0.05) is 24.3 Å². The summed E-state index contributed by atoms with van der Waals surface area (Å²) in [6, 6.07) is 14.1. The zero-order chi connectivity index (χ0) is 27.1. The van der Waals surface area contributed by atoms with E-state index in [1.54, 1.807) is 14.0 Å². The minimum absolute atomic E-state index is 0.0157. The maximum absolute atomic E-state index is 13.2. The first-order valence-corrected chi connectivity index (χ1v) is 13.6. The molecule has 0 spiro atoms. The van der Waals surface area contributed by atoms with Gasteiger partial charge in [0.15, 0.2) is 11.5 Å². The van der Waals surface area contributed by atoms with Crippen molar-refractivity contribution < 1.29 is 23.9 Å². The second-order valence-electron chi connectivity index (χ2n) is 10.1. The maximum Gasteiger partial charge on any atom is 0.224 e. The standard InChI is InChI=1S/C30H39N3O5/c1-21(34)31-15-8-11-30(36)32-16-6-7-18-38-29-20-23(12-13-28(29)37-3)19-27-25(14-17-32)24-9-4-5-10-26(24)33(27)22(2)35/h4-5,9-10,12-13,20,25,27H,6-8,11,14-19H2,1-3H3,(H,31,34)/t25-,27-/m1/s1. The molecule has 2 aliphatic rings. The molecule has 0 saturated carbocycles. The molecule has 2 aromatic rings. The van der Waals surface area contributed by atoms with Gasteiger partial charge in [-0.05, 0) is 61.4 Å². The highest BCUT2D eigenvalue weighted by Crippen LogP contribution is 2.44. The molecule has 204 valence electrons. The van der Waals surface area contributed by atoms with E-state index in [1.807, 2.05) is 46.2 Å². The summed E-state index contributed by atoms with van der Waals surface area (Å²) < 4.78 is 11.6. The molecule has 38 heavy (non-hydrogen) atoms. The van der Waals surface area contributed by atoms with Crippen LogP contribution in [0, 0.1) is 0 Å². The molecule has 0 unspecified atom stereocenters. The van der Waals surface area contributed by atoms with E-state index in [1.165, 1.54) is 6.92 Å². The van der Waals surface area contributed by atoms with Gasteiger partial charge in [0.2, 0.25) is 17.7 Å². The number of nitrogens with zero attached hydrogens (tertiary/aromatic N) is 2. The molecule has 2 aromatic carbocycles. The number of hydrogen-bond donors (Lipinski definition) is 1. The van der Waals surface area contributed by atoms with Gasteiger partial charge in [0.1, 0.15) is 0 Å². The van der Waals surface area contributed by atoms with Crippen molar-refractivity contribution >= 4 is 23.4 Å². The van der Waals surface area contributed by atoms with Crippen molar-refractivity contribution in [2.75, 3.05) is 38.3 Å². The number of rotatable bonds is 5. The highest BCUT2D eigenvalue weighted by Gasteiger charge is 2.40. The second kappa shape index (κ2) is 12.8. The lowest BCUT2D eigenvalue weighted by Gasteiger charge is -2.31. The molecular formula is C30H39N3O5. The highest BCUT2D eigenvalue weighted by atomic mass is 16.5. The molecule has 0 radical (unpaired) electrons. The van der Waals surface area contributed by atoms with Crippen LogP contribution in [-0.4, -0.2) is 62.0 Å². The van der Waals surface area contributed by atoms with Crippen LogP contribution in [0.15, 0.2) is 42.5 Å². The molecule has 0 fully saturated rings. The Balaban J connectivity index is 1.62. The Morgan fingerprint density at radius 2 is 1.89 bits per heavy atom. The van der Waals surface area contributed by atoms with E-state index in [-0.39, 0.29) is 29.7 Å². The highest BCUT2D eigenvalue weighted by molar-refractivity contribution is 5.95. The average molecular weight is 522 g/mol. The van der Waals surface area contributed by atoms with Crippen LogP contribution in [-0.2, 0) is 20.8 Å². The molecule has 3 amide bonds. The number of benzene rings is 2. The Morgan fingerprint density at radius 3 is 2.66 bits per heavy atom. The number of methoxy groups -OCH3 is 1. The van der Waals surface area contributed by atoms with Crippen molar-refractivity contribution in [2.45, 2.75) is 64.3 Å². The van der Waals surface area contributed by atoms with Gasteiger partial charge in [-0.25, -0.2) is 0 Å². The van der Waals surface area contributed by atoms with Crippen LogP contribution < -0.4 is 19.7 Å². The van der Waals surface area contributed by atoms with E-state index in [9.17, 15) is 14.4 Å². The topological polar surface area (TPSA) is 88.2 Å². The van der Waals surface area contributed by atoms with E-state index in [0.29, 0.717) is 57.0 Å². The number of carbonyl (C=O) groups excluding carboxylic acids is 3. The minimum Gasteiger partial charge on any atom is -0.493 e. The predicted molar refractivity (Wildman–Crippen MR) is 147 cm³/mol. The Bertz CT molecular complexity index is 1150. The van der Waals surface area contributed by atoms with Crippen molar-refractivity contribution in [2.24, 2.45) is 0 Å². The summed E-state index contributed by atoms with van der Waals surface area (Å²) >= 11 is 0. The zero-order valence-electron chi connectivity index (χ0n) is 22.7. The third-order valence-electron chi connectivity index (χ3n) is 7.49. The van der Waals surface area contributed by atoms with E-state index in [4.69, 9.17) is 9.47 Å². The monoisotopic (exact) mass is 521 g/mol. The molecule has 8 nitrogen and oxygen atoms in total. The van der Waals surface area contributed by atoms with Crippen molar-refractivity contribution in [1.29, 1.82) is 0 Å². The third kappa shape index (κ3) is 6.47. The smallest absolute Gasteiger partial charge is 0.224 e. The van der Waals surface area contributed by atoms with Crippen LogP contribution in [0.5, 0.6) is 11.5 Å². The van der Waals surface area contributed by atoms with E-state index < -0.39 is 0 Å². The summed E-state index contributed by atoms with van der Waals surface area (Å²) in [6.07, 6.45) is 4.08. The number of amides is 3. The first kappa shape index (κ1) is 27.5. The summed E-state index contributed by atoms with van der Waals surface area (Å²) in [6.45, 7) is 5.40. The molecule has 2 aliphatic heterocycles. The van der Waals surface area contributed by atoms with Crippen molar-refractivity contribution in [1.82, 2.24) is 10.2 Å². The normalized spacial score (nSPS) is 19.4. The summed E-state index contributed by atoms with van der Waals surface area (Å²) in [7, 11) is 1.64. The van der Waals surface area contributed by atoms with Crippen LogP contribution in [0.4, 0.5) is 5.69 Å². The molecule has 2 atom stereocenters. The largest absolute Gasteiger partial charge is 0.493 e. The van der Waals surface area contributed by atoms with Crippen LogP contribution in [0.3, 0.4) is 0 Å². The van der Waals surface area contributed by atoms with Crippen LogP contribution in [0.1, 0.15) is 63.0 Å². The molecule has 0 aliphatic carbocycles. The number of carbonyl (C=O) groups is 3. The Morgan fingerprint density at radius 1 is 1.08 bits per heavy atom. The Kier molecular flexibility index (Phi) is 9.26. The lowest BCUT2D eigenvalue weighted by molar-refractivity contribution is -0.131. The summed E-state index contributed by atoms with van der Waals surface area (Å²) in [5, 5.41) is 2.77. The van der Waals surface area contributed by atoms with Crippen molar-refractivity contribution in [3.8, 4) is 11.5 Å². The fourth-order valence-corrected chi connectivity index (χ4v) is 5.68. The summed E-state index contributed by atoms with van der Waals surface area (Å²) in [5.74, 6) is 1.52. The minimum atomic E-state index is -0.0850. The first-order chi connectivity index (χ1) is 18.4. The number of nitrogens with one attached hydrogen (secondary N) is 1. The quantitative estimate of drug-likeness (QED) is 0.600. The first-order valence-electron chi connectivity index (χ1n) is 13.6. The van der Waals surface area contributed by atoms with Gasteiger partial charge in [0.05, 0.1) is 13.7 Å². The van der Waals surface area contributed by atoms with Gasteiger partial charge < -0.3 is 24.6 Å². The number of anilines is 1. The Labute approximate surface area is 225 Å². The van der Waals surface area contributed by atoms with Crippen LogP contribution in [0.2, 0.25) is 0 Å². The van der Waals surface area contributed by atoms with Gasteiger partial charge in [0.25, 0.3) is 0 Å². The number of ether oxygens (including phenoxy) is 2. The van der Waals surface area contributed by atoms with Gasteiger partial charge in [-0.15, -0.1) is 0 Å². The fourth-order valence-electron chi connectivity index (χ4n) is 5.68. The zero-order valence-corrected chi connectivity index (χ0v) is 22.7. The summed E-state index contributed by atoms with van der Waals surface area (Å²) in [5.41, 5.74) is 3.19. The van der Waals surface area contributed by atoms with Gasteiger partial charge >= 0.3 is 0 Å². The number of para-hydroxylation sites is 1. The molecule has 0 aromatic heterocycles. The second-order valence-corrected chi connectivity index (χ2v) is 10.1. The predicted octanol–water partition coefficient (Wildman–Crippen LogP) is 4.06. The Hall–Kier alpha value is -3.55. The van der Waals surface area contributed by atoms with Gasteiger partial charge in [-0.2, -0.15) is 0 Å².